The van der Waals surface area contributed by atoms with Crippen LogP contribution in [0.4, 0.5) is 10.5 Å². The number of halogens is 1. The molecule has 0 bridgehead atoms. The van der Waals surface area contributed by atoms with Crippen LogP contribution < -0.4 is 25.4 Å². The summed E-state index contributed by atoms with van der Waals surface area (Å²) in [5.41, 5.74) is 0.716. The smallest absolute Gasteiger partial charge is 0.319 e. The number of nitrogens with one attached hydrogen (secondary N) is 3. The fraction of sp³-hybridized carbons (Fsp3) is 0.381. The van der Waals surface area contributed by atoms with E-state index in [9.17, 15) is 4.79 Å². The van der Waals surface area contributed by atoms with E-state index in [1.807, 2.05) is 48.5 Å². The van der Waals surface area contributed by atoms with E-state index in [4.69, 9.17) is 9.47 Å². The fourth-order valence-corrected chi connectivity index (χ4v) is 3.10. The normalized spacial score (nSPS) is 16.2. The van der Waals surface area contributed by atoms with E-state index in [1.54, 1.807) is 7.11 Å². The van der Waals surface area contributed by atoms with Gasteiger partial charge < -0.3 is 25.4 Å². The van der Waals surface area contributed by atoms with Crippen LogP contribution in [0.5, 0.6) is 17.2 Å². The number of amides is 2. The zero-order chi connectivity index (χ0) is 18.9. The molecule has 3 rings (SSSR count). The highest BCUT2D eigenvalue weighted by Crippen LogP contribution is 2.31. The quantitative estimate of drug-likeness (QED) is 0.658. The maximum Gasteiger partial charge on any atom is 0.319 e. The molecule has 1 unspecified atom stereocenters. The molecule has 0 aromatic heterocycles. The SMILES string of the molecule is COc1ccccc1Oc1ccc(NC(=O)NCC2CCCCCN2)cc1.Cl. The minimum absolute atomic E-state index is 0. The van der Waals surface area contributed by atoms with Crippen LogP contribution in [0.25, 0.3) is 0 Å². The maximum absolute atomic E-state index is 12.1. The van der Waals surface area contributed by atoms with Crippen molar-refractivity contribution in [1.29, 1.82) is 0 Å². The number of methoxy groups -OCH3 is 1. The zero-order valence-corrected chi connectivity index (χ0v) is 16.9. The maximum atomic E-state index is 12.1. The summed E-state index contributed by atoms with van der Waals surface area (Å²) in [4.78, 5) is 12.1. The number of urea groups is 1. The molecule has 1 heterocycles. The first-order chi connectivity index (χ1) is 13.2. The fourth-order valence-electron chi connectivity index (χ4n) is 3.10. The molecule has 6 nitrogen and oxygen atoms in total. The van der Waals surface area contributed by atoms with Crippen molar-refractivity contribution in [2.75, 3.05) is 25.5 Å². The van der Waals surface area contributed by atoms with Gasteiger partial charge in [0.05, 0.1) is 7.11 Å². The number of hydrogen-bond donors (Lipinski definition) is 3. The second kappa shape index (κ2) is 11.4. The number of anilines is 1. The van der Waals surface area contributed by atoms with Crippen LogP contribution >= 0.6 is 12.4 Å². The molecule has 1 aliphatic rings. The van der Waals surface area contributed by atoms with Crippen LogP contribution in [0.1, 0.15) is 25.7 Å². The van der Waals surface area contributed by atoms with Crippen molar-refractivity contribution in [2.24, 2.45) is 0 Å². The second-order valence-electron chi connectivity index (χ2n) is 6.61. The van der Waals surface area contributed by atoms with Gasteiger partial charge in [-0.2, -0.15) is 0 Å². The van der Waals surface area contributed by atoms with E-state index in [2.05, 4.69) is 16.0 Å². The summed E-state index contributed by atoms with van der Waals surface area (Å²) in [5, 5.41) is 9.26. The summed E-state index contributed by atoms with van der Waals surface area (Å²) in [7, 11) is 1.61. The third-order valence-corrected chi connectivity index (χ3v) is 4.58. The molecule has 0 saturated carbocycles. The van der Waals surface area contributed by atoms with Crippen molar-refractivity contribution < 1.29 is 14.3 Å². The van der Waals surface area contributed by atoms with Crippen molar-refractivity contribution in [3.8, 4) is 17.2 Å². The Hall–Kier alpha value is -2.44. The summed E-state index contributed by atoms with van der Waals surface area (Å²) in [6.07, 6.45) is 4.80. The molecule has 2 aromatic carbocycles. The molecule has 1 atom stereocenters. The van der Waals surface area contributed by atoms with Gasteiger partial charge >= 0.3 is 6.03 Å². The highest BCUT2D eigenvalue weighted by molar-refractivity contribution is 5.89. The predicted octanol–water partition coefficient (Wildman–Crippen LogP) is 4.56. The monoisotopic (exact) mass is 405 g/mol. The molecule has 1 aliphatic heterocycles. The molecule has 152 valence electrons. The Morgan fingerprint density at radius 2 is 1.82 bits per heavy atom. The molecule has 0 radical (unpaired) electrons. The molecule has 1 fully saturated rings. The number of para-hydroxylation sites is 2. The topological polar surface area (TPSA) is 71.6 Å². The van der Waals surface area contributed by atoms with Crippen molar-refractivity contribution in [2.45, 2.75) is 31.7 Å². The average molecular weight is 406 g/mol. The van der Waals surface area contributed by atoms with Crippen molar-refractivity contribution in [3.05, 3.63) is 48.5 Å². The van der Waals surface area contributed by atoms with Crippen LogP contribution in [0, 0.1) is 0 Å². The number of carbonyl (C=O) groups is 1. The van der Waals surface area contributed by atoms with Gasteiger partial charge in [0.15, 0.2) is 11.5 Å². The summed E-state index contributed by atoms with van der Waals surface area (Å²) >= 11 is 0. The van der Waals surface area contributed by atoms with E-state index in [-0.39, 0.29) is 18.4 Å². The Kier molecular flexibility index (Phi) is 8.91. The molecule has 0 spiro atoms. The van der Waals surface area contributed by atoms with Crippen LogP contribution in [0.15, 0.2) is 48.5 Å². The number of hydrogen-bond acceptors (Lipinski definition) is 4. The molecule has 1 saturated heterocycles. The first-order valence-corrected chi connectivity index (χ1v) is 9.44. The van der Waals surface area contributed by atoms with Gasteiger partial charge in [0.2, 0.25) is 0 Å². The summed E-state index contributed by atoms with van der Waals surface area (Å²) in [6.45, 7) is 1.67. The summed E-state index contributed by atoms with van der Waals surface area (Å²) in [6, 6.07) is 14.9. The highest BCUT2D eigenvalue weighted by Gasteiger charge is 2.12. The molecular formula is C21H28ClN3O3. The standard InChI is InChI=1S/C21H27N3O3.ClH/c1-26-19-8-4-5-9-20(19)27-18-12-10-16(11-13-18)24-21(25)23-15-17-7-3-2-6-14-22-17;/h4-5,8-13,17,22H,2-3,6-7,14-15H2,1H3,(H2,23,24,25);1H. The lowest BCUT2D eigenvalue weighted by molar-refractivity contribution is 0.250. The molecule has 3 N–H and O–H groups in total. The second-order valence-corrected chi connectivity index (χ2v) is 6.61. The number of benzene rings is 2. The van der Waals surface area contributed by atoms with Crippen molar-refractivity contribution in [3.63, 3.8) is 0 Å². The van der Waals surface area contributed by atoms with Gasteiger partial charge in [-0.15, -0.1) is 12.4 Å². The number of rotatable bonds is 6. The lowest BCUT2D eigenvalue weighted by Crippen LogP contribution is -2.41. The van der Waals surface area contributed by atoms with E-state index in [0.29, 0.717) is 35.5 Å². The van der Waals surface area contributed by atoms with E-state index in [0.717, 1.165) is 13.0 Å². The number of carbonyl (C=O) groups excluding carboxylic acids is 1. The van der Waals surface area contributed by atoms with Crippen LogP contribution in [0.3, 0.4) is 0 Å². The highest BCUT2D eigenvalue weighted by atomic mass is 35.5. The van der Waals surface area contributed by atoms with E-state index in [1.165, 1.54) is 19.3 Å². The van der Waals surface area contributed by atoms with Crippen LogP contribution in [0.2, 0.25) is 0 Å². The Morgan fingerprint density at radius 3 is 2.57 bits per heavy atom. The Bertz CT molecular complexity index is 732. The first-order valence-electron chi connectivity index (χ1n) is 9.44. The van der Waals surface area contributed by atoms with Gasteiger partial charge in [0.1, 0.15) is 5.75 Å². The molecular weight excluding hydrogens is 378 g/mol. The lowest BCUT2D eigenvalue weighted by Gasteiger charge is -2.16. The van der Waals surface area contributed by atoms with Crippen LogP contribution in [-0.4, -0.2) is 32.3 Å². The molecule has 28 heavy (non-hydrogen) atoms. The molecule has 2 aromatic rings. The molecule has 7 heteroatoms. The zero-order valence-electron chi connectivity index (χ0n) is 16.1. The molecule has 0 aliphatic carbocycles. The third kappa shape index (κ3) is 6.62. The predicted molar refractivity (Wildman–Crippen MR) is 114 cm³/mol. The summed E-state index contributed by atoms with van der Waals surface area (Å²) < 4.78 is 11.1. The van der Waals surface area contributed by atoms with Gasteiger partial charge in [0.25, 0.3) is 0 Å². The Balaban J connectivity index is 0.00000280. The Morgan fingerprint density at radius 1 is 1.07 bits per heavy atom. The average Bonchev–Trinajstić information content (AvgIpc) is 2.97. The van der Waals surface area contributed by atoms with E-state index >= 15 is 0 Å². The van der Waals surface area contributed by atoms with Gasteiger partial charge in [-0.25, -0.2) is 4.79 Å². The largest absolute Gasteiger partial charge is 0.493 e. The minimum Gasteiger partial charge on any atom is -0.493 e. The van der Waals surface area contributed by atoms with E-state index < -0.39 is 0 Å². The van der Waals surface area contributed by atoms with Gasteiger partial charge in [-0.3, -0.25) is 0 Å². The minimum atomic E-state index is -0.195. The van der Waals surface area contributed by atoms with Gasteiger partial charge in [-0.05, 0) is 55.8 Å². The lowest BCUT2D eigenvalue weighted by atomic mass is 10.1. The van der Waals surface area contributed by atoms with Gasteiger partial charge in [-0.1, -0.05) is 25.0 Å². The third-order valence-electron chi connectivity index (χ3n) is 4.58. The Labute approximate surface area is 172 Å². The number of ether oxygens (including phenoxy) is 2. The summed E-state index contributed by atoms with van der Waals surface area (Å²) in [5.74, 6) is 1.99. The van der Waals surface area contributed by atoms with Crippen LogP contribution in [-0.2, 0) is 0 Å². The first kappa shape index (κ1) is 21.9. The van der Waals surface area contributed by atoms with Crippen molar-refractivity contribution >= 4 is 24.1 Å². The van der Waals surface area contributed by atoms with Gasteiger partial charge in [0, 0.05) is 18.3 Å². The molecule has 2 amide bonds. The van der Waals surface area contributed by atoms with Crippen molar-refractivity contribution in [1.82, 2.24) is 10.6 Å².